The van der Waals surface area contributed by atoms with E-state index < -0.39 is 0 Å². The molecule has 3 aromatic carbocycles. The van der Waals surface area contributed by atoms with Crippen LogP contribution in [-0.4, -0.2) is 88.0 Å². The van der Waals surface area contributed by atoms with Crippen LogP contribution in [0.3, 0.4) is 0 Å². The van der Waals surface area contributed by atoms with Gasteiger partial charge in [0.05, 0.1) is 30.7 Å². The average molecular weight is 1080 g/mol. The van der Waals surface area contributed by atoms with Crippen LogP contribution in [0.1, 0.15) is 197 Å². The summed E-state index contributed by atoms with van der Waals surface area (Å²) in [6, 6.07) is 30.0. The minimum atomic E-state index is -0.338. The Bertz CT molecular complexity index is 1540. The van der Waals surface area contributed by atoms with Crippen molar-refractivity contribution in [2.45, 2.75) is 245 Å². The van der Waals surface area contributed by atoms with Gasteiger partial charge in [-0.25, -0.2) is 0 Å². The first-order valence-electron chi connectivity index (χ1n) is 30.0. The standard InChI is InChI=1S/C63H111O6SSi3/c1-10-13-16-19-22-40-61(4,5)71-52-25-43-64-46-49-67-55-28-34-58(35-29-55)70(59-36-30-56(31-37-59)68-50-47-65-44-26-53-72-62(6,7)41-23-20-17-14-11-2)60-38-32-57(33-39-60)69-51-48-66-45-27-54-73-63(8,9)42-24-21-18-15-12-3/h28-39H,10-27,40-54,71-73H2,1-9H3/q+1. The first-order valence-corrected chi connectivity index (χ1v) is 36.4. The van der Waals surface area contributed by atoms with Crippen LogP contribution in [0.15, 0.2) is 87.5 Å². The lowest BCUT2D eigenvalue weighted by Crippen LogP contribution is -2.14. The Balaban J connectivity index is 1.48. The van der Waals surface area contributed by atoms with Gasteiger partial charge in [0.15, 0.2) is 14.7 Å². The molecule has 3 aromatic rings. The van der Waals surface area contributed by atoms with E-state index in [0.717, 1.165) is 37.1 Å². The maximum Gasteiger partial charge on any atom is 0.166 e. The number of benzene rings is 3. The van der Waals surface area contributed by atoms with Gasteiger partial charge in [0, 0.05) is 48.4 Å². The van der Waals surface area contributed by atoms with Crippen molar-refractivity contribution in [3.05, 3.63) is 72.8 Å². The molecule has 73 heavy (non-hydrogen) atoms. The number of unbranched alkanes of at least 4 members (excludes halogenated alkanes) is 12. The van der Waals surface area contributed by atoms with Gasteiger partial charge in [-0.15, -0.1) is 0 Å². The summed E-state index contributed by atoms with van der Waals surface area (Å²) < 4.78 is 36.6. The Morgan fingerprint density at radius 1 is 0.315 bits per heavy atom. The van der Waals surface area contributed by atoms with E-state index >= 15 is 0 Å². The van der Waals surface area contributed by atoms with Gasteiger partial charge in [-0.2, -0.15) is 0 Å². The summed E-state index contributed by atoms with van der Waals surface area (Å²) >= 11 is 0. The second kappa shape index (κ2) is 40.2. The van der Waals surface area contributed by atoms with Crippen LogP contribution >= 0.6 is 0 Å². The zero-order valence-corrected chi connectivity index (χ0v) is 53.8. The normalized spacial score (nSPS) is 13.1. The predicted octanol–water partition coefficient (Wildman–Crippen LogP) is 16.6. The Morgan fingerprint density at radius 2 is 0.575 bits per heavy atom. The first-order chi connectivity index (χ1) is 35.4. The second-order valence-corrected chi connectivity index (χ2v) is 34.9. The van der Waals surface area contributed by atoms with E-state index in [1.54, 1.807) is 0 Å². The lowest BCUT2D eigenvalue weighted by Gasteiger charge is -2.24. The third-order valence-electron chi connectivity index (χ3n) is 14.7. The molecule has 0 saturated heterocycles. The lowest BCUT2D eigenvalue weighted by atomic mass is 10.0. The molecule has 416 valence electrons. The fourth-order valence-corrected chi connectivity index (χ4v) is 17.6. The first kappa shape index (κ1) is 65.2. The SMILES string of the molecule is CCCCCCCC(C)(C)[SiH2]CCCOCCOc1ccc([S+](c2ccc(OCCOCCC[SiH2]C(C)(C)CCCCCCC)cc2)c2ccc(OCCOCCC[SiH2]C(C)(C)CCCCCCC)cc2)cc1. The van der Waals surface area contributed by atoms with Crippen molar-refractivity contribution in [3.8, 4) is 17.2 Å². The summed E-state index contributed by atoms with van der Waals surface area (Å²) in [5.74, 6) is 2.62. The molecule has 0 aliphatic carbocycles. The summed E-state index contributed by atoms with van der Waals surface area (Å²) in [5, 5.41) is 1.70. The molecule has 0 bridgehead atoms. The van der Waals surface area contributed by atoms with E-state index in [9.17, 15) is 0 Å². The van der Waals surface area contributed by atoms with Gasteiger partial charge >= 0.3 is 0 Å². The van der Waals surface area contributed by atoms with Gasteiger partial charge in [0.1, 0.15) is 37.1 Å². The van der Waals surface area contributed by atoms with Crippen molar-refractivity contribution in [1.82, 2.24) is 0 Å². The van der Waals surface area contributed by atoms with Gasteiger partial charge in [-0.05, 0) is 107 Å². The maximum atomic E-state index is 6.17. The van der Waals surface area contributed by atoms with Crippen LogP contribution in [0.25, 0.3) is 0 Å². The summed E-state index contributed by atoms with van der Waals surface area (Å²) in [4.78, 5) is 3.70. The molecule has 0 N–H and O–H groups in total. The average Bonchev–Trinajstić information content (AvgIpc) is 3.37. The van der Waals surface area contributed by atoms with Gasteiger partial charge in [-0.3, -0.25) is 0 Å². The largest absolute Gasteiger partial charge is 0.491 e. The fraction of sp³-hybridized carbons (Fsp3) is 0.714. The van der Waals surface area contributed by atoms with Crippen molar-refractivity contribution < 1.29 is 28.4 Å². The van der Waals surface area contributed by atoms with E-state index in [-0.39, 0.29) is 39.5 Å². The predicted molar refractivity (Wildman–Crippen MR) is 327 cm³/mol. The molecule has 0 amide bonds. The molecule has 6 nitrogen and oxygen atoms in total. The molecule has 0 atom stereocenters. The maximum absolute atomic E-state index is 6.17. The summed E-state index contributed by atoms with van der Waals surface area (Å²) in [7, 11) is -0.625. The molecule has 10 heteroatoms. The highest BCUT2D eigenvalue weighted by atomic mass is 32.2. The minimum Gasteiger partial charge on any atom is -0.491 e. The highest BCUT2D eigenvalue weighted by molar-refractivity contribution is 7.97. The van der Waals surface area contributed by atoms with E-state index in [1.165, 1.54) is 168 Å². The Morgan fingerprint density at radius 3 is 0.836 bits per heavy atom. The van der Waals surface area contributed by atoms with Crippen LogP contribution in [0.5, 0.6) is 17.2 Å². The quantitative estimate of drug-likeness (QED) is 0.0319. The molecule has 3 rings (SSSR count). The van der Waals surface area contributed by atoms with Crippen LogP contribution in [0.4, 0.5) is 0 Å². The Hall–Kier alpha value is -2.06. The molecular weight excluding hydrogens is 969 g/mol. The number of hydrogen-bond acceptors (Lipinski definition) is 6. The summed E-state index contributed by atoms with van der Waals surface area (Å²) in [5.41, 5.74) is 0. The lowest BCUT2D eigenvalue weighted by molar-refractivity contribution is 0.100. The molecule has 0 saturated carbocycles. The Labute approximate surface area is 459 Å². The van der Waals surface area contributed by atoms with E-state index in [1.807, 2.05) is 0 Å². The zero-order valence-electron chi connectivity index (χ0n) is 48.7. The molecular formula is C63H111O6SSi3+. The van der Waals surface area contributed by atoms with Crippen molar-refractivity contribution in [3.63, 3.8) is 0 Å². The highest BCUT2D eigenvalue weighted by Gasteiger charge is 2.29. The van der Waals surface area contributed by atoms with E-state index in [0.29, 0.717) is 54.8 Å². The van der Waals surface area contributed by atoms with E-state index in [4.69, 9.17) is 28.4 Å². The zero-order chi connectivity index (χ0) is 52.7. The molecule has 0 radical (unpaired) electrons. The number of hydrogen-bond donors (Lipinski definition) is 0. The topological polar surface area (TPSA) is 55.4 Å². The van der Waals surface area contributed by atoms with Crippen molar-refractivity contribution in [1.29, 1.82) is 0 Å². The van der Waals surface area contributed by atoms with Gasteiger partial charge in [0.2, 0.25) is 0 Å². The minimum absolute atomic E-state index is 0.0956. The van der Waals surface area contributed by atoms with Crippen molar-refractivity contribution >= 4 is 39.5 Å². The summed E-state index contributed by atoms with van der Waals surface area (Å²) in [6.07, 6.45) is 28.4. The van der Waals surface area contributed by atoms with E-state index in [2.05, 4.69) is 135 Å². The van der Waals surface area contributed by atoms with Crippen LogP contribution in [-0.2, 0) is 25.1 Å². The third kappa shape index (κ3) is 32.3. The number of ether oxygens (including phenoxy) is 6. The van der Waals surface area contributed by atoms with Gasteiger partial charge in [0.25, 0.3) is 0 Å². The van der Waals surface area contributed by atoms with Crippen molar-refractivity contribution in [2.75, 3.05) is 59.5 Å². The highest BCUT2D eigenvalue weighted by Crippen LogP contribution is 2.36. The second-order valence-electron chi connectivity index (χ2n) is 23.5. The monoisotopic (exact) mass is 1080 g/mol. The smallest absolute Gasteiger partial charge is 0.166 e. The van der Waals surface area contributed by atoms with Gasteiger partial charge in [-0.1, -0.05) is 196 Å². The molecule has 0 aliphatic heterocycles. The molecule has 0 heterocycles. The van der Waals surface area contributed by atoms with Crippen LogP contribution < -0.4 is 14.2 Å². The van der Waals surface area contributed by atoms with Crippen molar-refractivity contribution in [2.24, 2.45) is 0 Å². The molecule has 0 aromatic heterocycles. The fourth-order valence-electron chi connectivity index (χ4n) is 9.80. The molecule has 0 spiro atoms. The molecule has 0 unspecified atom stereocenters. The Kier molecular flexibility index (Phi) is 35.9. The molecule has 0 aliphatic rings. The summed E-state index contributed by atoms with van der Waals surface area (Å²) in [6.45, 7) is 27.9. The third-order valence-corrected chi connectivity index (χ3v) is 24.6. The molecule has 0 fully saturated rings. The number of rotatable bonds is 48. The van der Waals surface area contributed by atoms with Crippen LogP contribution in [0, 0.1) is 0 Å². The van der Waals surface area contributed by atoms with Gasteiger partial charge < -0.3 is 28.4 Å². The van der Waals surface area contributed by atoms with Crippen LogP contribution in [0.2, 0.25) is 33.2 Å².